The third-order valence-corrected chi connectivity index (χ3v) is 4.22. The first-order valence-electron chi connectivity index (χ1n) is 5.89. The van der Waals surface area contributed by atoms with Crippen LogP contribution in [-0.2, 0) is 12.8 Å². The van der Waals surface area contributed by atoms with Gasteiger partial charge in [0.25, 0.3) is 0 Å². The molecule has 1 saturated heterocycles. The zero-order valence-corrected chi connectivity index (χ0v) is 9.48. The van der Waals surface area contributed by atoms with Crippen LogP contribution in [0.15, 0.2) is 12.1 Å². The second-order valence-electron chi connectivity index (χ2n) is 5.08. The zero-order chi connectivity index (χ0) is 11.3. The summed E-state index contributed by atoms with van der Waals surface area (Å²) >= 11 is 0. The number of nitrogens with zero attached hydrogens (tertiary/aromatic N) is 1. The number of benzene rings is 1. The van der Waals surface area contributed by atoms with Gasteiger partial charge in [-0.05, 0) is 50.4 Å². The number of likely N-dealkylation sites (N-methyl/N-ethyl adjacent to an activating group) is 1. The maximum atomic E-state index is 9.87. The van der Waals surface area contributed by atoms with Gasteiger partial charge in [0.1, 0.15) is 0 Å². The van der Waals surface area contributed by atoms with E-state index in [1.54, 1.807) is 6.07 Å². The predicted octanol–water partition coefficient (Wildman–Crippen LogP) is 1.52. The normalized spacial score (nSPS) is 28.8. The molecule has 0 aromatic heterocycles. The minimum Gasteiger partial charge on any atom is -0.504 e. The van der Waals surface area contributed by atoms with Gasteiger partial charge in [0.05, 0.1) is 0 Å². The Balaban J connectivity index is 2.02. The molecule has 1 aromatic carbocycles. The molecule has 0 unspecified atom stereocenters. The predicted molar refractivity (Wildman–Crippen MR) is 61.7 cm³/mol. The molecule has 3 heteroatoms. The van der Waals surface area contributed by atoms with Gasteiger partial charge in [0.15, 0.2) is 11.5 Å². The van der Waals surface area contributed by atoms with Crippen LogP contribution in [0.5, 0.6) is 11.5 Å². The van der Waals surface area contributed by atoms with E-state index < -0.39 is 0 Å². The molecular weight excluding hydrogens is 202 g/mol. The molecule has 2 N–H and O–H groups in total. The van der Waals surface area contributed by atoms with Gasteiger partial charge in [-0.15, -0.1) is 0 Å². The highest BCUT2D eigenvalue weighted by Crippen LogP contribution is 2.41. The molecular formula is C13H17NO2. The van der Waals surface area contributed by atoms with E-state index in [0.29, 0.717) is 12.0 Å². The maximum absolute atomic E-state index is 9.87. The Bertz CT molecular complexity index is 430. The molecule has 0 bridgehead atoms. The lowest BCUT2D eigenvalue weighted by atomic mass is 9.80. The molecule has 2 aliphatic rings. The molecule has 1 aliphatic carbocycles. The van der Waals surface area contributed by atoms with Gasteiger partial charge in [-0.2, -0.15) is 0 Å². The Kier molecular flexibility index (Phi) is 2.11. The van der Waals surface area contributed by atoms with Crippen LogP contribution in [0.2, 0.25) is 0 Å². The Hall–Kier alpha value is -1.22. The first kappa shape index (κ1) is 9.97. The minimum absolute atomic E-state index is 0.0172. The molecule has 0 radical (unpaired) electrons. The molecule has 0 spiro atoms. The third-order valence-electron chi connectivity index (χ3n) is 4.22. The fourth-order valence-electron chi connectivity index (χ4n) is 3.22. The number of aromatic hydroxyl groups is 2. The Morgan fingerprint density at radius 3 is 2.88 bits per heavy atom. The molecule has 0 amide bonds. The van der Waals surface area contributed by atoms with Crippen molar-refractivity contribution in [3.63, 3.8) is 0 Å². The average Bonchev–Trinajstić information content (AvgIpc) is 2.64. The van der Waals surface area contributed by atoms with Gasteiger partial charge in [0.2, 0.25) is 0 Å². The van der Waals surface area contributed by atoms with Crippen molar-refractivity contribution < 1.29 is 10.2 Å². The summed E-state index contributed by atoms with van der Waals surface area (Å²) < 4.78 is 0. The van der Waals surface area contributed by atoms with Gasteiger partial charge >= 0.3 is 0 Å². The molecule has 3 rings (SSSR count). The van der Waals surface area contributed by atoms with Crippen molar-refractivity contribution >= 4 is 0 Å². The number of rotatable bonds is 0. The van der Waals surface area contributed by atoms with Crippen molar-refractivity contribution in [2.24, 2.45) is 5.92 Å². The molecule has 0 saturated carbocycles. The highest BCUT2D eigenvalue weighted by molar-refractivity contribution is 5.50. The zero-order valence-electron chi connectivity index (χ0n) is 9.48. The average molecular weight is 219 g/mol. The first-order chi connectivity index (χ1) is 7.66. The number of likely N-dealkylation sites (tertiary alicyclic amines) is 1. The minimum atomic E-state index is 0.0172. The monoisotopic (exact) mass is 219 g/mol. The molecule has 1 heterocycles. The molecule has 86 valence electrons. The standard InChI is InChI=1S/C13H17NO2/c1-14-5-4-9-6-10-8(7-11(9)14)2-3-12(15)13(10)16/h2-3,9,11,15-16H,4-7H2,1H3/t9-,11+/m1/s1. The van der Waals surface area contributed by atoms with Gasteiger partial charge in [-0.1, -0.05) is 6.07 Å². The lowest BCUT2D eigenvalue weighted by Gasteiger charge is -2.31. The van der Waals surface area contributed by atoms with Crippen molar-refractivity contribution in [2.75, 3.05) is 13.6 Å². The van der Waals surface area contributed by atoms with Gasteiger partial charge in [0, 0.05) is 11.6 Å². The quantitative estimate of drug-likeness (QED) is 0.650. The summed E-state index contributed by atoms with van der Waals surface area (Å²) in [5.74, 6) is 0.763. The highest BCUT2D eigenvalue weighted by atomic mass is 16.3. The van der Waals surface area contributed by atoms with E-state index in [4.69, 9.17) is 0 Å². The van der Waals surface area contributed by atoms with Crippen LogP contribution in [0.4, 0.5) is 0 Å². The van der Waals surface area contributed by atoms with Crippen LogP contribution in [0, 0.1) is 5.92 Å². The lowest BCUT2D eigenvalue weighted by Crippen LogP contribution is -2.35. The highest BCUT2D eigenvalue weighted by Gasteiger charge is 2.37. The Labute approximate surface area is 95.3 Å². The van der Waals surface area contributed by atoms with E-state index in [2.05, 4.69) is 11.9 Å². The fraction of sp³-hybridized carbons (Fsp3) is 0.538. The number of fused-ring (bicyclic) bond motifs is 2. The summed E-state index contributed by atoms with van der Waals surface area (Å²) in [5.41, 5.74) is 2.17. The van der Waals surface area contributed by atoms with Crippen LogP contribution in [0.3, 0.4) is 0 Å². The van der Waals surface area contributed by atoms with Crippen molar-refractivity contribution in [1.29, 1.82) is 0 Å². The molecule has 1 fully saturated rings. The number of phenolic OH excluding ortho intramolecular Hbond substituents is 2. The summed E-state index contributed by atoms with van der Waals surface area (Å²) in [5, 5.41) is 19.4. The SMILES string of the molecule is CN1CC[C@@H]2Cc3c(ccc(O)c3O)C[C@@H]21. The molecule has 1 aliphatic heterocycles. The van der Waals surface area contributed by atoms with Crippen molar-refractivity contribution in [1.82, 2.24) is 4.90 Å². The second kappa shape index (κ2) is 3.39. The van der Waals surface area contributed by atoms with E-state index in [1.807, 2.05) is 6.07 Å². The summed E-state index contributed by atoms with van der Waals surface area (Å²) in [7, 11) is 2.18. The Morgan fingerprint density at radius 1 is 1.25 bits per heavy atom. The number of hydrogen-bond donors (Lipinski definition) is 2. The lowest BCUT2D eigenvalue weighted by molar-refractivity contribution is 0.256. The first-order valence-corrected chi connectivity index (χ1v) is 5.89. The van der Waals surface area contributed by atoms with Crippen molar-refractivity contribution in [2.45, 2.75) is 25.3 Å². The number of hydrogen-bond acceptors (Lipinski definition) is 3. The summed E-state index contributed by atoms with van der Waals surface area (Å²) in [4.78, 5) is 2.41. The maximum Gasteiger partial charge on any atom is 0.160 e. The van der Waals surface area contributed by atoms with E-state index in [0.717, 1.165) is 24.9 Å². The topological polar surface area (TPSA) is 43.7 Å². The summed E-state index contributed by atoms with van der Waals surface area (Å²) in [6.07, 6.45) is 3.12. The Morgan fingerprint density at radius 2 is 2.06 bits per heavy atom. The number of phenols is 2. The molecule has 1 aromatic rings. The smallest absolute Gasteiger partial charge is 0.160 e. The van der Waals surface area contributed by atoms with Gasteiger partial charge < -0.3 is 15.1 Å². The third kappa shape index (κ3) is 1.31. The van der Waals surface area contributed by atoms with Crippen LogP contribution in [-0.4, -0.2) is 34.7 Å². The van der Waals surface area contributed by atoms with Crippen LogP contribution in [0.25, 0.3) is 0 Å². The summed E-state index contributed by atoms with van der Waals surface area (Å²) in [6, 6.07) is 4.17. The van der Waals surface area contributed by atoms with Crippen LogP contribution in [0.1, 0.15) is 17.5 Å². The van der Waals surface area contributed by atoms with Crippen LogP contribution < -0.4 is 0 Å². The molecule has 16 heavy (non-hydrogen) atoms. The second-order valence-corrected chi connectivity index (χ2v) is 5.08. The summed E-state index contributed by atoms with van der Waals surface area (Å²) in [6.45, 7) is 1.15. The molecule has 3 nitrogen and oxygen atoms in total. The van der Waals surface area contributed by atoms with Crippen LogP contribution >= 0.6 is 0 Å². The van der Waals surface area contributed by atoms with E-state index in [9.17, 15) is 10.2 Å². The fourth-order valence-corrected chi connectivity index (χ4v) is 3.22. The van der Waals surface area contributed by atoms with E-state index >= 15 is 0 Å². The van der Waals surface area contributed by atoms with Gasteiger partial charge in [-0.3, -0.25) is 0 Å². The molecule has 2 atom stereocenters. The van der Waals surface area contributed by atoms with Crippen molar-refractivity contribution in [3.05, 3.63) is 23.3 Å². The largest absolute Gasteiger partial charge is 0.504 e. The van der Waals surface area contributed by atoms with Crippen molar-refractivity contribution in [3.8, 4) is 11.5 Å². The van der Waals surface area contributed by atoms with E-state index in [-0.39, 0.29) is 11.5 Å². The van der Waals surface area contributed by atoms with Gasteiger partial charge in [-0.25, -0.2) is 0 Å². The van der Waals surface area contributed by atoms with E-state index in [1.165, 1.54) is 12.0 Å².